The summed E-state index contributed by atoms with van der Waals surface area (Å²) in [5.74, 6) is -0.457. The van der Waals surface area contributed by atoms with E-state index in [9.17, 15) is 48.4 Å². The summed E-state index contributed by atoms with van der Waals surface area (Å²) in [5, 5.41) is 59.9. The van der Waals surface area contributed by atoms with Gasteiger partial charge in [-0.15, -0.1) is 4.40 Å². The number of aliphatic hydroxyl groups excluding tert-OH is 6. The fourth-order valence-electron chi connectivity index (χ4n) is 3.97. The molecule has 0 unspecified atom stereocenters. The van der Waals surface area contributed by atoms with E-state index in [0.717, 1.165) is 6.92 Å². The van der Waals surface area contributed by atoms with E-state index >= 15 is 0 Å². The molecule has 2 fully saturated rings. The first-order chi connectivity index (χ1) is 18.2. The third kappa shape index (κ3) is 8.30. The predicted molar refractivity (Wildman–Crippen MR) is 133 cm³/mol. The van der Waals surface area contributed by atoms with Crippen molar-refractivity contribution >= 4 is 33.1 Å². The molecule has 17 heteroatoms. The third-order valence-electron chi connectivity index (χ3n) is 5.93. The first-order valence-electron chi connectivity index (χ1n) is 11.7. The lowest BCUT2D eigenvalue weighted by Crippen LogP contribution is -2.59. The molecule has 0 radical (unpaired) electrons. The van der Waals surface area contributed by atoms with Gasteiger partial charge in [-0.2, -0.15) is 8.42 Å². The number of ether oxygens (including phenoxy) is 4. The minimum atomic E-state index is -4.87. The minimum Gasteiger partial charge on any atom is -0.462 e. The second kappa shape index (κ2) is 13.2. The van der Waals surface area contributed by atoms with Crippen LogP contribution in [-0.4, -0.2) is 122 Å². The molecule has 0 bridgehead atoms. The second-order valence-corrected chi connectivity index (χ2v) is 11.2. The Morgan fingerprint density at radius 1 is 1.00 bits per heavy atom. The van der Waals surface area contributed by atoms with Crippen molar-refractivity contribution in [1.29, 1.82) is 0 Å². The lowest BCUT2D eigenvalue weighted by atomic mass is 9.99. The predicted octanol–water partition coefficient (Wildman–Crippen LogP) is -2.26. The second-order valence-electron chi connectivity index (χ2n) is 8.95. The topological polar surface area (TPSA) is 242 Å². The molecule has 0 aliphatic carbocycles. The van der Waals surface area contributed by atoms with Crippen LogP contribution in [0, 0.1) is 0 Å². The third-order valence-corrected chi connectivity index (χ3v) is 7.62. The molecule has 2 aliphatic rings. The van der Waals surface area contributed by atoms with Crippen LogP contribution in [0.25, 0.3) is 0 Å². The fourth-order valence-corrected chi connectivity index (χ4v) is 5.77. The van der Waals surface area contributed by atoms with Gasteiger partial charge in [0.2, 0.25) is 6.29 Å². The average molecular weight is 598 g/mol. The lowest BCUT2D eigenvalue weighted by Gasteiger charge is -2.40. The molecule has 7 N–H and O–H groups in total. The number of hydrogen-bond acceptors (Lipinski definition) is 14. The zero-order valence-electron chi connectivity index (χ0n) is 20.7. The summed E-state index contributed by atoms with van der Waals surface area (Å²) >= 11 is 0.567. The number of esters is 1. The molecule has 10 atom stereocenters. The molecule has 220 valence electrons. The normalized spacial score (nSPS) is 35.9. The van der Waals surface area contributed by atoms with Gasteiger partial charge in [-0.25, -0.2) is 0 Å². The van der Waals surface area contributed by atoms with Crippen molar-refractivity contribution in [2.75, 3.05) is 6.61 Å². The Bertz CT molecular complexity index is 1110. The van der Waals surface area contributed by atoms with Crippen molar-refractivity contribution < 1.29 is 67.4 Å². The van der Waals surface area contributed by atoms with Crippen LogP contribution in [0.5, 0.6) is 5.75 Å². The van der Waals surface area contributed by atoms with Gasteiger partial charge in [0.1, 0.15) is 47.8 Å². The molecule has 0 saturated carbocycles. The number of carbonyl (C=O) groups excluding carboxylic acids is 1. The van der Waals surface area contributed by atoms with E-state index in [1.165, 1.54) is 31.2 Å². The van der Waals surface area contributed by atoms with Gasteiger partial charge >= 0.3 is 16.3 Å². The molecular weight excluding hydrogens is 566 g/mol. The quantitative estimate of drug-likeness (QED) is 0.0724. The summed E-state index contributed by atoms with van der Waals surface area (Å²) < 4.78 is 56.9. The number of carbonyl (C=O) groups is 1. The highest BCUT2D eigenvalue weighted by Gasteiger charge is 2.46. The summed E-state index contributed by atoms with van der Waals surface area (Å²) in [5.41, 5.74) is -0.881. The van der Waals surface area contributed by atoms with Crippen LogP contribution in [-0.2, 0) is 35.7 Å². The zero-order chi connectivity index (χ0) is 29.1. The highest BCUT2D eigenvalue weighted by molar-refractivity contribution is 8.14. The van der Waals surface area contributed by atoms with Crippen LogP contribution in [0.15, 0.2) is 28.7 Å². The number of nitrogens with zero attached hydrogens (tertiary/aromatic N) is 1. The van der Waals surface area contributed by atoms with Crippen molar-refractivity contribution in [3.63, 3.8) is 0 Å². The highest BCUT2D eigenvalue weighted by Crippen LogP contribution is 2.31. The molecule has 2 heterocycles. The summed E-state index contributed by atoms with van der Waals surface area (Å²) in [6, 6.07) is 5.90. The maximum Gasteiger partial charge on any atom is 0.379 e. The van der Waals surface area contributed by atoms with Crippen molar-refractivity contribution in [2.24, 2.45) is 4.40 Å². The monoisotopic (exact) mass is 597 g/mol. The summed E-state index contributed by atoms with van der Waals surface area (Å²) in [6.07, 6.45) is -12.6. The maximum atomic E-state index is 11.4. The SMILES string of the molecule is CC(=O)O[C@@H]1[C@@H](O)[C@@H](O)[C@H](Oc2ccc(CC(=NS(=O)(=O)O)S[C@@H]3O[C@H](CO)[C@@H](O)[C@H](O)[C@H]3O)cc2)O[C@H]1C. The molecule has 2 aliphatic heterocycles. The molecule has 39 heavy (non-hydrogen) atoms. The molecular formula is C22H31NO14S2. The van der Waals surface area contributed by atoms with Crippen molar-refractivity contribution in [3.8, 4) is 5.75 Å². The first-order valence-corrected chi connectivity index (χ1v) is 14.0. The maximum absolute atomic E-state index is 11.4. The van der Waals surface area contributed by atoms with Gasteiger partial charge < -0.3 is 49.6 Å². The van der Waals surface area contributed by atoms with Gasteiger partial charge in [0.25, 0.3) is 0 Å². The van der Waals surface area contributed by atoms with Gasteiger partial charge in [0.05, 0.1) is 17.8 Å². The van der Waals surface area contributed by atoms with E-state index in [1.807, 2.05) is 0 Å². The smallest absolute Gasteiger partial charge is 0.379 e. The number of aliphatic hydroxyl groups is 6. The Hall–Kier alpha value is -1.90. The lowest BCUT2D eigenvalue weighted by molar-refractivity contribution is -0.272. The number of thioether (sulfide) groups is 1. The van der Waals surface area contributed by atoms with Crippen LogP contribution in [0.2, 0.25) is 0 Å². The van der Waals surface area contributed by atoms with Gasteiger partial charge in [-0.1, -0.05) is 23.9 Å². The first kappa shape index (κ1) is 31.6. The van der Waals surface area contributed by atoms with Crippen LogP contribution >= 0.6 is 11.8 Å². The molecule has 1 aromatic rings. The highest BCUT2D eigenvalue weighted by atomic mass is 32.2. The van der Waals surface area contributed by atoms with Gasteiger partial charge in [-0.3, -0.25) is 9.35 Å². The molecule has 3 rings (SSSR count). The van der Waals surface area contributed by atoms with Crippen molar-refractivity contribution in [2.45, 2.75) is 80.8 Å². The molecule has 0 spiro atoms. The molecule has 15 nitrogen and oxygen atoms in total. The van der Waals surface area contributed by atoms with Crippen LogP contribution in [0.4, 0.5) is 0 Å². The summed E-state index contributed by atoms with van der Waals surface area (Å²) in [4.78, 5) is 11.2. The summed E-state index contributed by atoms with van der Waals surface area (Å²) in [6.45, 7) is 2.00. The Labute approximate surface area is 227 Å². The van der Waals surface area contributed by atoms with Crippen molar-refractivity contribution in [3.05, 3.63) is 29.8 Å². The van der Waals surface area contributed by atoms with Gasteiger partial charge in [0, 0.05) is 13.3 Å². The Morgan fingerprint density at radius 2 is 1.64 bits per heavy atom. The summed E-state index contributed by atoms with van der Waals surface area (Å²) in [7, 11) is -4.87. The number of benzene rings is 1. The van der Waals surface area contributed by atoms with Gasteiger partial charge in [0.15, 0.2) is 6.10 Å². The number of rotatable bonds is 8. The largest absolute Gasteiger partial charge is 0.462 e. The number of hydrogen-bond donors (Lipinski definition) is 7. The van der Waals surface area contributed by atoms with E-state index in [2.05, 4.69) is 4.40 Å². The van der Waals surface area contributed by atoms with E-state index in [0.29, 0.717) is 17.3 Å². The van der Waals surface area contributed by atoms with Crippen LogP contribution in [0.3, 0.4) is 0 Å². The van der Waals surface area contributed by atoms with E-state index in [1.54, 1.807) is 0 Å². The Morgan fingerprint density at radius 3 is 2.21 bits per heavy atom. The van der Waals surface area contributed by atoms with Crippen LogP contribution < -0.4 is 4.74 Å². The van der Waals surface area contributed by atoms with Crippen molar-refractivity contribution in [1.82, 2.24) is 0 Å². The van der Waals surface area contributed by atoms with E-state index in [4.69, 9.17) is 18.9 Å². The standard InChI is InChI=1S/C22H31NO14S2/c1-9-20(35-10(2)25)17(28)18(29)21(34-9)36-12-5-3-11(4-6-12)7-14(23-39(31,32)33)38-22-19(30)16(27)15(26)13(8-24)37-22/h3-6,9,13,15-22,24,26-30H,7-8H2,1-2H3,(H,31,32,33)/t9-,13+,15+,16-,17-,18+,19+,20-,21-,22-/m0/s1. The minimum absolute atomic E-state index is 0.192. The molecule has 0 aromatic heterocycles. The molecule has 1 aromatic carbocycles. The zero-order valence-corrected chi connectivity index (χ0v) is 22.4. The molecule has 0 amide bonds. The van der Waals surface area contributed by atoms with E-state index in [-0.39, 0.29) is 17.2 Å². The van der Waals surface area contributed by atoms with Crippen LogP contribution in [0.1, 0.15) is 19.4 Å². The average Bonchev–Trinajstić information content (AvgIpc) is 2.85. The van der Waals surface area contributed by atoms with E-state index < -0.39 is 83.4 Å². The molecule has 2 saturated heterocycles. The van der Waals surface area contributed by atoms with Gasteiger partial charge in [-0.05, 0) is 24.6 Å². The fraction of sp³-hybridized carbons (Fsp3) is 0.636. The Balaban J connectivity index is 1.70. The Kier molecular flexibility index (Phi) is 10.7.